The van der Waals surface area contributed by atoms with Crippen molar-refractivity contribution >= 4 is 40.6 Å². The summed E-state index contributed by atoms with van der Waals surface area (Å²) in [5.74, 6) is 0.705. The highest BCUT2D eigenvalue weighted by atomic mass is 35.5. The highest BCUT2D eigenvalue weighted by Gasteiger charge is 2.21. The Morgan fingerprint density at radius 3 is 2.19 bits per heavy atom. The molecule has 0 aromatic heterocycles. The van der Waals surface area contributed by atoms with Crippen LogP contribution in [0.4, 0.5) is 0 Å². The van der Waals surface area contributed by atoms with Crippen LogP contribution in [0.2, 0.25) is 15.1 Å². The van der Waals surface area contributed by atoms with Gasteiger partial charge in [0.25, 0.3) is 0 Å². The molecule has 0 saturated carbocycles. The Bertz CT molecular complexity index is 728. The number of fused-ring (bicyclic) bond motifs is 1. The summed E-state index contributed by atoms with van der Waals surface area (Å²) >= 11 is 18.1. The fourth-order valence-electron chi connectivity index (χ4n) is 2.05. The molecule has 0 amide bonds. The van der Waals surface area contributed by atoms with Gasteiger partial charge < -0.3 is 9.47 Å². The van der Waals surface area contributed by atoms with E-state index in [9.17, 15) is 4.79 Å². The Balaban J connectivity index is 2.07. The number of halogens is 3. The van der Waals surface area contributed by atoms with Gasteiger partial charge in [-0.1, -0.05) is 34.8 Å². The van der Waals surface area contributed by atoms with Gasteiger partial charge in [-0.05, 0) is 24.3 Å². The molecule has 2 aromatic rings. The van der Waals surface area contributed by atoms with E-state index in [-0.39, 0.29) is 10.8 Å². The SMILES string of the molecule is O=C(c1cc(Cl)ccc1Cl)c1cc2c(cc1Cl)OCCO2. The number of carbonyl (C=O) groups excluding carboxylic acids is 1. The Labute approximate surface area is 136 Å². The average Bonchev–Trinajstić information content (AvgIpc) is 2.48. The summed E-state index contributed by atoms with van der Waals surface area (Å²) in [6.45, 7) is 0.886. The van der Waals surface area contributed by atoms with Crippen molar-refractivity contribution < 1.29 is 14.3 Å². The number of carbonyl (C=O) groups is 1. The van der Waals surface area contributed by atoms with Crippen molar-refractivity contribution in [2.24, 2.45) is 0 Å². The van der Waals surface area contributed by atoms with E-state index in [0.29, 0.717) is 45.9 Å². The maximum atomic E-state index is 12.6. The number of hydrogen-bond donors (Lipinski definition) is 0. The molecule has 1 aliphatic heterocycles. The standard InChI is InChI=1S/C15H9Cl3O3/c16-8-1-2-11(17)9(5-8)15(19)10-6-13-14(7-12(10)18)21-4-3-20-13/h1-2,5-7H,3-4H2. The van der Waals surface area contributed by atoms with Gasteiger partial charge in [-0.25, -0.2) is 0 Å². The molecule has 0 atom stereocenters. The minimum absolute atomic E-state index is 0.278. The molecule has 6 heteroatoms. The molecule has 0 unspecified atom stereocenters. The predicted molar refractivity (Wildman–Crippen MR) is 82.3 cm³/mol. The monoisotopic (exact) mass is 342 g/mol. The molecule has 0 N–H and O–H groups in total. The molecule has 2 aromatic carbocycles. The Morgan fingerprint density at radius 2 is 1.48 bits per heavy atom. The molecule has 0 aliphatic carbocycles. The normalized spacial score (nSPS) is 13.1. The maximum Gasteiger partial charge on any atom is 0.196 e. The van der Waals surface area contributed by atoms with Crippen molar-refractivity contribution in [1.82, 2.24) is 0 Å². The Hall–Kier alpha value is -1.42. The van der Waals surface area contributed by atoms with E-state index in [0.717, 1.165) is 0 Å². The quantitative estimate of drug-likeness (QED) is 0.745. The van der Waals surface area contributed by atoms with Gasteiger partial charge >= 0.3 is 0 Å². The second-order valence-electron chi connectivity index (χ2n) is 4.43. The number of rotatable bonds is 2. The van der Waals surface area contributed by atoms with Crippen LogP contribution in [0.25, 0.3) is 0 Å². The zero-order chi connectivity index (χ0) is 15.0. The molecule has 0 saturated heterocycles. The van der Waals surface area contributed by atoms with Crippen LogP contribution >= 0.6 is 34.8 Å². The van der Waals surface area contributed by atoms with Crippen LogP contribution in [0, 0.1) is 0 Å². The molecular weight excluding hydrogens is 335 g/mol. The summed E-state index contributed by atoms with van der Waals surface area (Å²) in [5, 5.41) is 1.02. The minimum atomic E-state index is -0.315. The van der Waals surface area contributed by atoms with Gasteiger partial charge in [-0.3, -0.25) is 4.79 Å². The summed E-state index contributed by atoms with van der Waals surface area (Å²) < 4.78 is 10.9. The molecule has 0 radical (unpaired) electrons. The number of ether oxygens (including phenoxy) is 2. The van der Waals surface area contributed by atoms with Gasteiger partial charge in [0.15, 0.2) is 17.3 Å². The van der Waals surface area contributed by atoms with Gasteiger partial charge in [-0.15, -0.1) is 0 Å². The number of hydrogen-bond acceptors (Lipinski definition) is 3. The zero-order valence-electron chi connectivity index (χ0n) is 10.7. The van der Waals surface area contributed by atoms with Gasteiger partial charge in [0.1, 0.15) is 13.2 Å². The van der Waals surface area contributed by atoms with E-state index in [4.69, 9.17) is 44.3 Å². The van der Waals surface area contributed by atoms with Crippen molar-refractivity contribution in [3.8, 4) is 11.5 Å². The summed E-state index contributed by atoms with van der Waals surface area (Å²) in [6, 6.07) is 7.84. The molecule has 3 rings (SSSR count). The molecule has 0 bridgehead atoms. The Kier molecular flexibility index (Phi) is 3.98. The maximum absolute atomic E-state index is 12.6. The first-order valence-corrected chi connectivity index (χ1v) is 7.28. The number of ketones is 1. The summed E-state index contributed by atoms with van der Waals surface area (Å²) in [7, 11) is 0. The van der Waals surface area contributed by atoms with Crippen molar-refractivity contribution in [1.29, 1.82) is 0 Å². The average molecular weight is 344 g/mol. The zero-order valence-corrected chi connectivity index (χ0v) is 12.9. The van der Waals surface area contributed by atoms with E-state index < -0.39 is 0 Å². The fraction of sp³-hybridized carbons (Fsp3) is 0.133. The van der Waals surface area contributed by atoms with Gasteiger partial charge in [0, 0.05) is 22.2 Å². The smallest absolute Gasteiger partial charge is 0.196 e. The van der Waals surface area contributed by atoms with Crippen molar-refractivity contribution in [3.05, 3.63) is 56.5 Å². The third-order valence-electron chi connectivity index (χ3n) is 3.05. The highest BCUT2D eigenvalue weighted by molar-refractivity contribution is 6.39. The molecule has 3 nitrogen and oxygen atoms in total. The lowest BCUT2D eigenvalue weighted by Crippen LogP contribution is -2.16. The topological polar surface area (TPSA) is 35.5 Å². The minimum Gasteiger partial charge on any atom is -0.486 e. The van der Waals surface area contributed by atoms with E-state index in [1.54, 1.807) is 24.3 Å². The highest BCUT2D eigenvalue weighted by Crippen LogP contribution is 2.37. The van der Waals surface area contributed by atoms with Crippen LogP contribution < -0.4 is 9.47 Å². The van der Waals surface area contributed by atoms with E-state index >= 15 is 0 Å². The summed E-state index contributed by atoms with van der Waals surface area (Å²) in [6.07, 6.45) is 0. The predicted octanol–water partition coefficient (Wildman–Crippen LogP) is 4.65. The third-order valence-corrected chi connectivity index (χ3v) is 3.93. The number of benzene rings is 2. The van der Waals surface area contributed by atoms with E-state index in [2.05, 4.69) is 0 Å². The first-order valence-electron chi connectivity index (χ1n) is 6.15. The lowest BCUT2D eigenvalue weighted by molar-refractivity contribution is 0.103. The van der Waals surface area contributed by atoms with Crippen LogP contribution in [0.15, 0.2) is 30.3 Å². The molecule has 108 valence electrons. The lowest BCUT2D eigenvalue weighted by atomic mass is 10.0. The van der Waals surface area contributed by atoms with Gasteiger partial charge in [0.05, 0.1) is 10.0 Å². The van der Waals surface area contributed by atoms with Crippen LogP contribution in [-0.2, 0) is 0 Å². The second-order valence-corrected chi connectivity index (χ2v) is 5.68. The fourth-order valence-corrected chi connectivity index (χ4v) is 2.67. The molecule has 0 spiro atoms. The van der Waals surface area contributed by atoms with Gasteiger partial charge in [-0.2, -0.15) is 0 Å². The largest absolute Gasteiger partial charge is 0.486 e. The second kappa shape index (κ2) is 5.76. The van der Waals surface area contributed by atoms with E-state index in [1.807, 2.05) is 0 Å². The van der Waals surface area contributed by atoms with Crippen LogP contribution in [-0.4, -0.2) is 19.0 Å². The van der Waals surface area contributed by atoms with Crippen molar-refractivity contribution in [2.75, 3.05) is 13.2 Å². The molecule has 0 fully saturated rings. The summed E-state index contributed by atoms with van der Waals surface area (Å²) in [4.78, 5) is 12.6. The van der Waals surface area contributed by atoms with Crippen LogP contribution in [0.5, 0.6) is 11.5 Å². The van der Waals surface area contributed by atoms with Crippen LogP contribution in [0.3, 0.4) is 0 Å². The van der Waals surface area contributed by atoms with Crippen LogP contribution in [0.1, 0.15) is 15.9 Å². The first kappa shape index (κ1) is 14.5. The third kappa shape index (κ3) is 2.82. The van der Waals surface area contributed by atoms with Crippen molar-refractivity contribution in [3.63, 3.8) is 0 Å². The molecular formula is C15H9Cl3O3. The Morgan fingerprint density at radius 1 is 0.857 bits per heavy atom. The first-order chi connectivity index (χ1) is 10.1. The molecule has 1 aliphatic rings. The van der Waals surface area contributed by atoms with Gasteiger partial charge in [0.2, 0.25) is 0 Å². The molecule has 21 heavy (non-hydrogen) atoms. The van der Waals surface area contributed by atoms with E-state index in [1.165, 1.54) is 6.07 Å². The lowest BCUT2D eigenvalue weighted by Gasteiger charge is -2.19. The summed E-state index contributed by atoms with van der Waals surface area (Å²) in [5.41, 5.74) is 0.591. The molecule has 1 heterocycles. The van der Waals surface area contributed by atoms with Crippen molar-refractivity contribution in [2.45, 2.75) is 0 Å².